The average molecular weight is 327 g/mol. The van der Waals surface area contributed by atoms with Gasteiger partial charge in [0.15, 0.2) is 0 Å². The molecule has 2 aromatic rings. The molecular formula is C20H25NO3. The molecule has 2 rings (SSSR count). The second-order valence-corrected chi connectivity index (χ2v) is 5.94. The van der Waals surface area contributed by atoms with Gasteiger partial charge in [-0.25, -0.2) is 4.79 Å². The molecule has 2 aromatic carbocycles. The van der Waals surface area contributed by atoms with Crippen molar-refractivity contribution in [1.29, 1.82) is 0 Å². The van der Waals surface area contributed by atoms with Crippen LogP contribution in [0.2, 0.25) is 0 Å². The van der Waals surface area contributed by atoms with Crippen molar-refractivity contribution in [3.63, 3.8) is 0 Å². The van der Waals surface area contributed by atoms with Gasteiger partial charge >= 0.3 is 5.97 Å². The summed E-state index contributed by atoms with van der Waals surface area (Å²) < 4.78 is 10.7. The lowest BCUT2D eigenvalue weighted by Gasteiger charge is -2.13. The van der Waals surface area contributed by atoms with Crippen molar-refractivity contribution >= 4 is 11.7 Å². The summed E-state index contributed by atoms with van der Waals surface area (Å²) in [7, 11) is 1.40. The Bertz CT molecular complexity index is 710. The molecule has 4 nitrogen and oxygen atoms in total. The van der Waals surface area contributed by atoms with Gasteiger partial charge in [-0.15, -0.1) is 0 Å². The topological polar surface area (TPSA) is 47.6 Å². The zero-order valence-electron chi connectivity index (χ0n) is 14.8. The van der Waals surface area contributed by atoms with Crippen LogP contribution in [0, 0.1) is 20.8 Å². The molecular weight excluding hydrogens is 302 g/mol. The van der Waals surface area contributed by atoms with Crippen LogP contribution in [0.25, 0.3) is 0 Å². The third-order valence-corrected chi connectivity index (χ3v) is 3.82. The summed E-state index contributed by atoms with van der Waals surface area (Å²) in [6, 6.07) is 11.9. The monoisotopic (exact) mass is 327 g/mol. The first-order valence-electron chi connectivity index (χ1n) is 8.14. The molecule has 0 saturated heterocycles. The molecule has 0 radical (unpaired) electrons. The number of methoxy groups -OCH3 is 1. The third kappa shape index (κ3) is 4.75. The van der Waals surface area contributed by atoms with E-state index in [2.05, 4.69) is 30.4 Å². The number of esters is 1. The highest BCUT2D eigenvalue weighted by atomic mass is 16.5. The lowest BCUT2D eigenvalue weighted by Crippen LogP contribution is -2.12. The van der Waals surface area contributed by atoms with Crippen LogP contribution in [0.1, 0.15) is 33.5 Å². The van der Waals surface area contributed by atoms with E-state index in [0.29, 0.717) is 12.2 Å². The first-order valence-corrected chi connectivity index (χ1v) is 8.14. The van der Waals surface area contributed by atoms with E-state index in [1.807, 2.05) is 32.0 Å². The van der Waals surface area contributed by atoms with Crippen molar-refractivity contribution in [3.8, 4) is 5.75 Å². The summed E-state index contributed by atoms with van der Waals surface area (Å²) in [6.45, 7) is 7.39. The number of carbonyl (C=O) groups excluding carboxylic acids is 1. The predicted octanol–water partition coefficient (Wildman–Crippen LogP) is 4.28. The summed E-state index contributed by atoms with van der Waals surface area (Å²) in [6.07, 6.45) is 0.835. The van der Waals surface area contributed by atoms with Gasteiger partial charge in [-0.2, -0.15) is 0 Å². The van der Waals surface area contributed by atoms with Gasteiger partial charge in [0.2, 0.25) is 0 Å². The Kier molecular flexibility index (Phi) is 6.24. The molecule has 0 aliphatic heterocycles. The van der Waals surface area contributed by atoms with E-state index in [9.17, 15) is 4.79 Å². The first kappa shape index (κ1) is 17.9. The molecule has 4 heteroatoms. The highest BCUT2D eigenvalue weighted by Crippen LogP contribution is 2.20. The zero-order valence-corrected chi connectivity index (χ0v) is 14.8. The number of nitrogens with one attached hydrogen (secondary N) is 1. The fraction of sp³-hybridized carbons (Fsp3) is 0.350. The van der Waals surface area contributed by atoms with Gasteiger partial charge in [-0.3, -0.25) is 0 Å². The van der Waals surface area contributed by atoms with Crippen LogP contribution in [0.15, 0.2) is 36.4 Å². The van der Waals surface area contributed by atoms with E-state index in [1.54, 1.807) is 0 Å². The lowest BCUT2D eigenvalue weighted by atomic mass is 10.1. The Balaban J connectivity index is 1.86. The van der Waals surface area contributed by atoms with Crippen molar-refractivity contribution < 1.29 is 14.3 Å². The van der Waals surface area contributed by atoms with Crippen molar-refractivity contribution in [2.24, 2.45) is 0 Å². The van der Waals surface area contributed by atoms with E-state index in [1.165, 1.54) is 12.7 Å². The first-order chi connectivity index (χ1) is 11.5. The summed E-state index contributed by atoms with van der Waals surface area (Å²) in [5.74, 6) is 0.605. The summed E-state index contributed by atoms with van der Waals surface area (Å²) in [5, 5.41) is 3.29. The Labute approximate surface area is 143 Å². The molecule has 0 bridgehead atoms. The maximum atomic E-state index is 11.8. The molecule has 0 aromatic heterocycles. The average Bonchev–Trinajstić information content (AvgIpc) is 2.57. The standard InChI is InChI=1S/C20H25NO3/c1-14-7-9-18(17(12-14)20(22)23-4)21-10-5-11-24-19-13-15(2)6-8-16(19)3/h6-9,12-13,21H,5,10-11H2,1-4H3. The Morgan fingerprint density at radius 1 is 1.04 bits per heavy atom. The van der Waals surface area contributed by atoms with Crippen molar-refractivity contribution in [2.75, 3.05) is 25.6 Å². The number of carbonyl (C=O) groups is 1. The molecule has 0 heterocycles. The number of rotatable bonds is 7. The molecule has 0 spiro atoms. The molecule has 0 saturated carbocycles. The van der Waals surface area contributed by atoms with Gasteiger partial charge in [0.05, 0.1) is 19.3 Å². The number of aryl methyl sites for hydroxylation is 3. The summed E-state index contributed by atoms with van der Waals surface area (Å²) in [5.41, 5.74) is 4.71. The van der Waals surface area contributed by atoms with Crippen LogP contribution in [-0.2, 0) is 4.74 Å². The third-order valence-electron chi connectivity index (χ3n) is 3.82. The summed E-state index contributed by atoms with van der Waals surface area (Å²) in [4.78, 5) is 11.8. The van der Waals surface area contributed by atoms with Crippen LogP contribution >= 0.6 is 0 Å². The van der Waals surface area contributed by atoms with Gasteiger partial charge in [-0.05, 0) is 56.5 Å². The number of benzene rings is 2. The fourth-order valence-electron chi connectivity index (χ4n) is 2.43. The molecule has 0 aliphatic rings. The minimum absolute atomic E-state index is 0.326. The SMILES string of the molecule is COC(=O)c1cc(C)ccc1NCCCOc1cc(C)ccc1C. The highest BCUT2D eigenvalue weighted by molar-refractivity contribution is 5.95. The number of hydrogen-bond donors (Lipinski definition) is 1. The largest absolute Gasteiger partial charge is 0.493 e. The molecule has 0 unspecified atom stereocenters. The van der Waals surface area contributed by atoms with E-state index in [0.717, 1.165) is 35.5 Å². The van der Waals surface area contributed by atoms with Crippen LogP contribution < -0.4 is 10.1 Å². The second-order valence-electron chi connectivity index (χ2n) is 5.94. The Hall–Kier alpha value is -2.49. The number of hydrogen-bond acceptors (Lipinski definition) is 4. The minimum atomic E-state index is -0.326. The van der Waals surface area contributed by atoms with Crippen LogP contribution in [0.4, 0.5) is 5.69 Å². The zero-order chi connectivity index (χ0) is 17.5. The number of anilines is 1. The van der Waals surface area contributed by atoms with E-state index in [4.69, 9.17) is 9.47 Å². The summed E-state index contributed by atoms with van der Waals surface area (Å²) >= 11 is 0. The lowest BCUT2D eigenvalue weighted by molar-refractivity contribution is 0.0601. The van der Waals surface area contributed by atoms with Crippen LogP contribution in [-0.4, -0.2) is 26.2 Å². The van der Waals surface area contributed by atoms with Crippen LogP contribution in [0.5, 0.6) is 5.75 Å². The van der Waals surface area contributed by atoms with Gasteiger partial charge in [0.1, 0.15) is 5.75 Å². The van der Waals surface area contributed by atoms with Gasteiger partial charge in [-0.1, -0.05) is 23.8 Å². The molecule has 128 valence electrons. The Morgan fingerprint density at radius 3 is 2.50 bits per heavy atom. The van der Waals surface area contributed by atoms with Crippen molar-refractivity contribution in [3.05, 3.63) is 58.7 Å². The second kappa shape index (κ2) is 8.39. The van der Waals surface area contributed by atoms with Crippen LogP contribution in [0.3, 0.4) is 0 Å². The normalized spacial score (nSPS) is 10.3. The molecule has 1 N–H and O–H groups in total. The van der Waals surface area contributed by atoms with Crippen molar-refractivity contribution in [2.45, 2.75) is 27.2 Å². The molecule has 0 atom stereocenters. The van der Waals surface area contributed by atoms with E-state index >= 15 is 0 Å². The smallest absolute Gasteiger partial charge is 0.339 e. The Morgan fingerprint density at radius 2 is 1.75 bits per heavy atom. The molecule has 0 fully saturated rings. The molecule has 0 aliphatic carbocycles. The quantitative estimate of drug-likeness (QED) is 0.609. The number of ether oxygens (including phenoxy) is 2. The van der Waals surface area contributed by atoms with Crippen molar-refractivity contribution in [1.82, 2.24) is 0 Å². The van der Waals surface area contributed by atoms with E-state index < -0.39 is 0 Å². The predicted molar refractivity (Wildman–Crippen MR) is 97.0 cm³/mol. The maximum Gasteiger partial charge on any atom is 0.339 e. The molecule has 24 heavy (non-hydrogen) atoms. The minimum Gasteiger partial charge on any atom is -0.493 e. The highest BCUT2D eigenvalue weighted by Gasteiger charge is 2.11. The maximum absolute atomic E-state index is 11.8. The van der Waals surface area contributed by atoms with E-state index in [-0.39, 0.29) is 5.97 Å². The van der Waals surface area contributed by atoms with Gasteiger partial charge in [0, 0.05) is 12.2 Å². The molecule has 0 amide bonds. The van der Waals surface area contributed by atoms with Gasteiger partial charge in [0.25, 0.3) is 0 Å². The van der Waals surface area contributed by atoms with Gasteiger partial charge < -0.3 is 14.8 Å². The fourth-order valence-corrected chi connectivity index (χ4v) is 2.43.